The lowest BCUT2D eigenvalue weighted by Gasteiger charge is -2.45. The Morgan fingerprint density at radius 1 is 0.811 bits per heavy atom. The molecule has 1 heterocycles. The fourth-order valence-corrected chi connectivity index (χ4v) is 6.98. The molecular weight excluding hydrogens is 496 g/mol. The van der Waals surface area contributed by atoms with Gasteiger partial charge in [0.2, 0.25) is 5.91 Å². The summed E-state index contributed by atoms with van der Waals surface area (Å²) in [6.45, 7) is 11.1. The summed E-state index contributed by atoms with van der Waals surface area (Å²) in [5, 5.41) is 3.08. The maximum absolute atomic E-state index is 13.7. The molecule has 2 saturated carbocycles. The molecule has 3 unspecified atom stereocenters. The first kappa shape index (κ1) is 30.5. The molecule has 0 aromatic heterocycles. The summed E-state index contributed by atoms with van der Waals surface area (Å²) in [5.41, 5.74) is -0.905. The Bertz CT molecular complexity index is 717. The van der Waals surface area contributed by atoms with Gasteiger partial charge < -0.3 is 5.32 Å². The van der Waals surface area contributed by atoms with Crippen molar-refractivity contribution in [3.8, 4) is 0 Å². The van der Waals surface area contributed by atoms with Gasteiger partial charge in [-0.3, -0.25) is 14.6 Å². The van der Waals surface area contributed by atoms with Crippen LogP contribution in [0.2, 0.25) is 0 Å². The first-order valence-electron chi connectivity index (χ1n) is 14.0. The number of amides is 1. The zero-order valence-electron chi connectivity index (χ0n) is 22.7. The van der Waals surface area contributed by atoms with Crippen LogP contribution in [0.25, 0.3) is 0 Å². The predicted molar refractivity (Wildman–Crippen MR) is 132 cm³/mol. The number of nitrogens with one attached hydrogen (secondary N) is 1. The zero-order chi connectivity index (χ0) is 27.6. The molecule has 0 spiro atoms. The third-order valence-corrected chi connectivity index (χ3v) is 8.83. The topological polar surface area (TPSA) is 35.6 Å². The van der Waals surface area contributed by atoms with Gasteiger partial charge >= 0.3 is 12.4 Å². The fourth-order valence-electron chi connectivity index (χ4n) is 6.98. The van der Waals surface area contributed by atoms with Crippen LogP contribution < -0.4 is 5.32 Å². The lowest BCUT2D eigenvalue weighted by molar-refractivity contribution is -0.229. The van der Waals surface area contributed by atoms with E-state index in [1.54, 1.807) is 13.8 Å². The molecule has 1 N–H and O–H groups in total. The minimum absolute atomic E-state index is 0.0937. The average molecular weight is 542 g/mol. The van der Waals surface area contributed by atoms with Gasteiger partial charge in [0.25, 0.3) is 0 Å². The third kappa shape index (κ3) is 8.48. The quantitative estimate of drug-likeness (QED) is 0.379. The van der Waals surface area contributed by atoms with Crippen molar-refractivity contribution < 1.29 is 31.1 Å². The van der Waals surface area contributed by atoms with Crippen LogP contribution in [0, 0.1) is 23.7 Å². The summed E-state index contributed by atoms with van der Waals surface area (Å²) in [5.74, 6) is -4.60. The number of hydrogen-bond acceptors (Lipinski definition) is 3. The fraction of sp³-hybridized carbons (Fsp3) is 0.963. The van der Waals surface area contributed by atoms with Crippen LogP contribution >= 0.6 is 0 Å². The number of rotatable bonds is 7. The minimum Gasteiger partial charge on any atom is -0.350 e. The molecule has 0 aromatic carbocycles. The average Bonchev–Trinajstić information content (AvgIpc) is 2.78. The molecule has 216 valence electrons. The van der Waals surface area contributed by atoms with E-state index in [4.69, 9.17) is 0 Å². The Labute approximate surface area is 217 Å². The van der Waals surface area contributed by atoms with Gasteiger partial charge in [-0.05, 0) is 78.1 Å². The molecule has 1 amide bonds. The van der Waals surface area contributed by atoms with Crippen LogP contribution in [0.1, 0.15) is 85.5 Å². The Balaban J connectivity index is 1.70. The molecule has 3 fully saturated rings. The highest BCUT2D eigenvalue weighted by Gasteiger charge is 2.52. The monoisotopic (exact) mass is 541 g/mol. The van der Waals surface area contributed by atoms with Gasteiger partial charge in [0.15, 0.2) is 0 Å². The number of hydrogen-bond donors (Lipinski definition) is 1. The van der Waals surface area contributed by atoms with E-state index in [1.165, 1.54) is 0 Å². The molecule has 37 heavy (non-hydrogen) atoms. The zero-order valence-corrected chi connectivity index (χ0v) is 22.7. The maximum atomic E-state index is 13.7. The number of piperazine rings is 1. The molecular formula is C27H45F6N3O. The number of halogens is 6. The van der Waals surface area contributed by atoms with Crippen molar-refractivity contribution in [3.05, 3.63) is 0 Å². The second-order valence-corrected chi connectivity index (χ2v) is 12.6. The summed E-state index contributed by atoms with van der Waals surface area (Å²) in [6, 6.07) is 0.116. The molecule has 1 saturated heterocycles. The number of carbonyl (C=O) groups is 1. The largest absolute Gasteiger partial charge is 0.391 e. The Hall–Kier alpha value is -1.03. The molecule has 0 radical (unpaired) electrons. The SMILES string of the molecule is CC(C)N1CCN(C(C(=O)NC(C)(C)CC2CC(C(F)(F)F)CC(C(F)(F)F)C2)C2CCCCC2)CC1. The van der Waals surface area contributed by atoms with Gasteiger partial charge in [-0.2, -0.15) is 26.3 Å². The molecule has 1 aliphatic heterocycles. The molecule has 3 atom stereocenters. The van der Waals surface area contributed by atoms with Gasteiger partial charge in [0.05, 0.1) is 17.9 Å². The van der Waals surface area contributed by atoms with Crippen molar-refractivity contribution in [3.63, 3.8) is 0 Å². The van der Waals surface area contributed by atoms with Gasteiger partial charge in [0.1, 0.15) is 0 Å². The standard InChI is InChI=1S/C27H45F6N3O/c1-18(2)35-10-12-36(13-11-35)23(20-8-6-5-7-9-20)24(37)34-25(3,4)17-19-14-21(26(28,29)30)16-22(15-19)27(31,32)33/h18-23H,5-17H2,1-4H3,(H,34,37). The van der Waals surface area contributed by atoms with E-state index >= 15 is 0 Å². The Morgan fingerprint density at radius 2 is 1.30 bits per heavy atom. The summed E-state index contributed by atoms with van der Waals surface area (Å²) in [4.78, 5) is 18.4. The number of alkyl halides is 6. The van der Waals surface area contributed by atoms with Crippen LogP contribution in [-0.4, -0.2) is 71.9 Å². The van der Waals surface area contributed by atoms with E-state index in [1.807, 2.05) is 0 Å². The normalized spacial score (nSPS) is 28.9. The van der Waals surface area contributed by atoms with E-state index < -0.39 is 42.1 Å². The van der Waals surface area contributed by atoms with Gasteiger partial charge in [-0.15, -0.1) is 0 Å². The van der Waals surface area contributed by atoms with Crippen LogP contribution in [0.3, 0.4) is 0 Å². The van der Waals surface area contributed by atoms with Crippen molar-refractivity contribution in [2.75, 3.05) is 26.2 Å². The smallest absolute Gasteiger partial charge is 0.350 e. The van der Waals surface area contributed by atoms with Crippen molar-refractivity contribution in [2.24, 2.45) is 23.7 Å². The number of nitrogens with zero attached hydrogens (tertiary/aromatic N) is 2. The van der Waals surface area contributed by atoms with Crippen LogP contribution in [0.5, 0.6) is 0 Å². The Kier molecular flexibility index (Phi) is 9.90. The molecule has 2 aliphatic carbocycles. The lowest BCUT2D eigenvalue weighted by atomic mass is 9.71. The van der Waals surface area contributed by atoms with E-state index in [2.05, 4.69) is 29.0 Å². The second kappa shape index (κ2) is 12.0. The molecule has 3 rings (SSSR count). The first-order valence-corrected chi connectivity index (χ1v) is 14.0. The molecule has 0 bridgehead atoms. The van der Waals surface area contributed by atoms with Crippen LogP contribution in [0.15, 0.2) is 0 Å². The lowest BCUT2D eigenvalue weighted by Crippen LogP contribution is -2.61. The molecule has 0 aromatic rings. The highest BCUT2D eigenvalue weighted by Crippen LogP contribution is 2.49. The molecule has 3 aliphatic rings. The van der Waals surface area contributed by atoms with E-state index in [9.17, 15) is 31.1 Å². The molecule has 4 nitrogen and oxygen atoms in total. The maximum Gasteiger partial charge on any atom is 0.391 e. The van der Waals surface area contributed by atoms with Crippen LogP contribution in [-0.2, 0) is 4.79 Å². The highest BCUT2D eigenvalue weighted by atomic mass is 19.4. The molecule has 10 heteroatoms. The van der Waals surface area contributed by atoms with Crippen molar-refractivity contribution in [1.29, 1.82) is 0 Å². The number of carbonyl (C=O) groups excluding carboxylic acids is 1. The predicted octanol–water partition coefficient (Wildman–Crippen LogP) is 6.40. The minimum atomic E-state index is -4.65. The summed E-state index contributed by atoms with van der Waals surface area (Å²) >= 11 is 0. The third-order valence-electron chi connectivity index (χ3n) is 8.83. The highest BCUT2D eigenvalue weighted by molar-refractivity contribution is 5.82. The van der Waals surface area contributed by atoms with Gasteiger partial charge in [-0.25, -0.2) is 0 Å². The van der Waals surface area contributed by atoms with E-state index in [0.717, 1.165) is 58.3 Å². The van der Waals surface area contributed by atoms with Crippen LogP contribution in [0.4, 0.5) is 26.3 Å². The second-order valence-electron chi connectivity index (χ2n) is 12.6. The van der Waals surface area contributed by atoms with E-state index in [-0.39, 0.29) is 37.1 Å². The van der Waals surface area contributed by atoms with E-state index in [0.29, 0.717) is 6.04 Å². The summed E-state index contributed by atoms with van der Waals surface area (Å²) < 4.78 is 80.8. The van der Waals surface area contributed by atoms with Gasteiger partial charge in [0, 0.05) is 37.8 Å². The Morgan fingerprint density at radius 3 is 1.76 bits per heavy atom. The van der Waals surface area contributed by atoms with Crippen molar-refractivity contribution in [1.82, 2.24) is 15.1 Å². The summed E-state index contributed by atoms with van der Waals surface area (Å²) in [7, 11) is 0. The summed E-state index contributed by atoms with van der Waals surface area (Å²) in [6.07, 6.45) is -5.53. The van der Waals surface area contributed by atoms with Crippen molar-refractivity contribution in [2.45, 2.75) is 115 Å². The van der Waals surface area contributed by atoms with Crippen molar-refractivity contribution >= 4 is 5.91 Å². The van der Waals surface area contributed by atoms with Gasteiger partial charge in [-0.1, -0.05) is 19.3 Å². The first-order chi connectivity index (χ1) is 17.1.